The van der Waals surface area contributed by atoms with Gasteiger partial charge in [0.1, 0.15) is 0 Å². The maximum absolute atomic E-state index is 10.9. The van der Waals surface area contributed by atoms with Gasteiger partial charge in [0.2, 0.25) is 5.72 Å². The number of aliphatic hydroxyl groups is 1. The third-order valence-electron chi connectivity index (χ3n) is 3.80. The maximum Gasteiger partial charge on any atom is 0.201 e. The zero-order valence-electron chi connectivity index (χ0n) is 13.2. The third-order valence-corrected chi connectivity index (χ3v) is 5.24. The van der Waals surface area contributed by atoms with Crippen molar-refractivity contribution >= 4 is 45.2 Å². The highest BCUT2D eigenvalue weighted by Gasteiger charge is 2.27. The van der Waals surface area contributed by atoms with Crippen LogP contribution in [0.1, 0.15) is 43.9 Å². The van der Waals surface area contributed by atoms with Gasteiger partial charge in [-0.05, 0) is 81.4 Å². The van der Waals surface area contributed by atoms with Crippen molar-refractivity contribution in [3.8, 4) is 0 Å². The minimum absolute atomic E-state index is 0.0334. The van der Waals surface area contributed by atoms with E-state index in [-0.39, 0.29) is 6.04 Å². The summed E-state index contributed by atoms with van der Waals surface area (Å²) in [5.74, 6) is 0. The molecule has 3 nitrogen and oxygen atoms in total. The van der Waals surface area contributed by atoms with Gasteiger partial charge in [0.05, 0.1) is 6.04 Å². The summed E-state index contributed by atoms with van der Waals surface area (Å²) in [6.07, 6.45) is 1.33. The third kappa shape index (κ3) is 4.96. The van der Waals surface area contributed by atoms with Gasteiger partial charge in [-0.3, -0.25) is 0 Å². The predicted molar refractivity (Wildman–Crippen MR) is 110 cm³/mol. The van der Waals surface area contributed by atoms with E-state index in [1.54, 1.807) is 0 Å². The zero-order chi connectivity index (χ0) is 16.9. The molecule has 0 spiro atoms. The summed E-state index contributed by atoms with van der Waals surface area (Å²) in [6, 6.07) is 16.0. The van der Waals surface area contributed by atoms with Gasteiger partial charge in [0.15, 0.2) is 0 Å². The zero-order valence-corrected chi connectivity index (χ0v) is 17.5. The Morgan fingerprint density at radius 1 is 0.957 bits per heavy atom. The quantitative estimate of drug-likeness (QED) is 0.356. The fraction of sp³-hybridized carbons (Fsp3) is 0.333. The molecule has 2 aromatic carbocycles. The van der Waals surface area contributed by atoms with Crippen LogP contribution >= 0.6 is 45.2 Å². The van der Waals surface area contributed by atoms with Crippen molar-refractivity contribution in [1.29, 1.82) is 0 Å². The second-order valence-electron chi connectivity index (χ2n) is 5.37. The Morgan fingerprint density at radius 2 is 1.48 bits per heavy atom. The summed E-state index contributed by atoms with van der Waals surface area (Å²) >= 11 is 4.54. The van der Waals surface area contributed by atoms with E-state index < -0.39 is 5.72 Å². The summed E-state index contributed by atoms with van der Waals surface area (Å²) in [5.41, 5.74) is 0.639. The van der Waals surface area contributed by atoms with E-state index in [0.717, 1.165) is 21.1 Å². The van der Waals surface area contributed by atoms with Crippen LogP contribution in [0.2, 0.25) is 0 Å². The summed E-state index contributed by atoms with van der Waals surface area (Å²) < 4.78 is 2.33. The molecule has 0 radical (unpaired) electrons. The van der Waals surface area contributed by atoms with E-state index in [2.05, 4.69) is 86.6 Å². The lowest BCUT2D eigenvalue weighted by atomic mass is 10.0. The number of hydrogen-bond acceptors (Lipinski definition) is 3. The molecular weight excluding hydrogens is 514 g/mol. The summed E-state index contributed by atoms with van der Waals surface area (Å²) in [7, 11) is 0. The topological polar surface area (TPSA) is 45.0 Å². The van der Waals surface area contributed by atoms with Crippen molar-refractivity contribution in [3.05, 3.63) is 66.8 Å². The van der Waals surface area contributed by atoms with Crippen LogP contribution in [0.25, 0.3) is 0 Å². The number of benzene rings is 2. The van der Waals surface area contributed by atoms with E-state index in [1.165, 1.54) is 3.57 Å². The SMILES string of the molecule is CCC(/N=N/C(O)(CC)c1ccc(I)cc1)c1ccc(I)cc1. The van der Waals surface area contributed by atoms with E-state index in [1.807, 2.05) is 31.2 Å². The van der Waals surface area contributed by atoms with E-state index in [0.29, 0.717) is 6.42 Å². The Balaban J connectivity index is 2.26. The fourth-order valence-electron chi connectivity index (χ4n) is 2.28. The standard InChI is InChI=1S/C18H20I2N2O/c1-3-17(13-5-9-15(19)10-6-13)21-22-18(23,4-2)14-7-11-16(20)12-8-14/h5-12,17,23H,3-4H2,1-2H3/b22-21+. The first-order chi connectivity index (χ1) is 11.0. The number of halogens is 2. The van der Waals surface area contributed by atoms with Gasteiger partial charge in [0, 0.05) is 19.1 Å². The first-order valence-electron chi connectivity index (χ1n) is 7.64. The van der Waals surface area contributed by atoms with Crippen LogP contribution in [-0.4, -0.2) is 5.11 Å². The van der Waals surface area contributed by atoms with Crippen LogP contribution in [0, 0.1) is 7.14 Å². The van der Waals surface area contributed by atoms with E-state index in [4.69, 9.17) is 0 Å². The lowest BCUT2D eigenvalue weighted by Crippen LogP contribution is -2.21. The smallest absolute Gasteiger partial charge is 0.201 e. The number of hydrogen-bond donors (Lipinski definition) is 1. The molecule has 0 heterocycles. The minimum Gasteiger partial charge on any atom is -0.364 e. The maximum atomic E-state index is 10.9. The van der Waals surface area contributed by atoms with Crippen molar-refractivity contribution in [2.45, 2.75) is 38.5 Å². The van der Waals surface area contributed by atoms with Gasteiger partial charge >= 0.3 is 0 Å². The molecule has 0 saturated heterocycles. The molecule has 122 valence electrons. The molecule has 0 aliphatic heterocycles. The van der Waals surface area contributed by atoms with Crippen LogP contribution in [0.3, 0.4) is 0 Å². The second-order valence-corrected chi connectivity index (χ2v) is 7.86. The van der Waals surface area contributed by atoms with Crippen molar-refractivity contribution in [3.63, 3.8) is 0 Å². The molecule has 2 atom stereocenters. The van der Waals surface area contributed by atoms with Crippen LogP contribution < -0.4 is 0 Å². The molecule has 0 bridgehead atoms. The minimum atomic E-state index is -1.26. The van der Waals surface area contributed by atoms with Gasteiger partial charge in [-0.1, -0.05) is 38.1 Å². The monoisotopic (exact) mass is 534 g/mol. The normalized spacial score (nSPS) is 15.5. The van der Waals surface area contributed by atoms with Crippen LogP contribution in [0.15, 0.2) is 58.8 Å². The van der Waals surface area contributed by atoms with E-state index in [9.17, 15) is 5.11 Å². The molecule has 5 heteroatoms. The number of rotatable bonds is 6. The Hall–Kier alpha value is -0.540. The molecule has 0 aliphatic rings. The van der Waals surface area contributed by atoms with Crippen LogP contribution in [0.4, 0.5) is 0 Å². The molecule has 0 saturated carbocycles. The largest absolute Gasteiger partial charge is 0.364 e. The molecular formula is C18H20I2N2O. The lowest BCUT2D eigenvalue weighted by Gasteiger charge is -2.22. The Bertz CT molecular complexity index is 656. The highest BCUT2D eigenvalue weighted by atomic mass is 127. The number of nitrogens with zero attached hydrogens (tertiary/aromatic N) is 2. The molecule has 2 rings (SSSR count). The molecule has 1 N–H and O–H groups in total. The van der Waals surface area contributed by atoms with Crippen molar-refractivity contribution < 1.29 is 5.11 Å². The molecule has 0 aromatic heterocycles. The average molecular weight is 534 g/mol. The highest BCUT2D eigenvalue weighted by molar-refractivity contribution is 14.1. The Labute approximate surface area is 164 Å². The average Bonchev–Trinajstić information content (AvgIpc) is 2.57. The van der Waals surface area contributed by atoms with Crippen molar-refractivity contribution in [2.24, 2.45) is 10.2 Å². The molecule has 2 unspecified atom stereocenters. The summed E-state index contributed by atoms with van der Waals surface area (Å²) in [6.45, 7) is 4.00. The fourth-order valence-corrected chi connectivity index (χ4v) is 3.00. The molecule has 0 fully saturated rings. The highest BCUT2D eigenvalue weighted by Crippen LogP contribution is 2.30. The van der Waals surface area contributed by atoms with Crippen LogP contribution in [-0.2, 0) is 5.72 Å². The van der Waals surface area contributed by atoms with Crippen molar-refractivity contribution in [1.82, 2.24) is 0 Å². The first kappa shape index (κ1) is 18.8. The van der Waals surface area contributed by atoms with Crippen molar-refractivity contribution in [2.75, 3.05) is 0 Å². The predicted octanol–water partition coefficient (Wildman–Crippen LogP) is 6.05. The lowest BCUT2D eigenvalue weighted by molar-refractivity contribution is 0.0323. The second kappa shape index (κ2) is 8.53. The van der Waals surface area contributed by atoms with Gasteiger partial charge in [-0.15, -0.1) is 0 Å². The Kier molecular flexibility index (Phi) is 6.97. The summed E-state index contributed by atoms with van der Waals surface area (Å²) in [5, 5.41) is 19.6. The first-order valence-corrected chi connectivity index (χ1v) is 9.80. The van der Waals surface area contributed by atoms with Gasteiger partial charge in [-0.25, -0.2) is 0 Å². The number of azo groups is 1. The summed E-state index contributed by atoms with van der Waals surface area (Å²) in [4.78, 5) is 0. The molecule has 0 aliphatic carbocycles. The van der Waals surface area contributed by atoms with Gasteiger partial charge in [-0.2, -0.15) is 10.2 Å². The Morgan fingerprint density at radius 3 is 1.96 bits per heavy atom. The van der Waals surface area contributed by atoms with E-state index >= 15 is 0 Å². The van der Waals surface area contributed by atoms with Gasteiger partial charge < -0.3 is 5.11 Å². The van der Waals surface area contributed by atoms with Gasteiger partial charge in [0.25, 0.3) is 0 Å². The molecule has 0 amide bonds. The molecule has 23 heavy (non-hydrogen) atoms. The molecule has 2 aromatic rings. The van der Waals surface area contributed by atoms with Crippen LogP contribution in [0.5, 0.6) is 0 Å².